The van der Waals surface area contributed by atoms with Crippen LogP contribution in [0.4, 0.5) is 11.4 Å². The van der Waals surface area contributed by atoms with Crippen molar-refractivity contribution in [2.24, 2.45) is 0 Å². The van der Waals surface area contributed by atoms with E-state index in [0.29, 0.717) is 33.2 Å². The monoisotopic (exact) mass is 555 g/mol. The molecule has 1 N–H and O–H groups in total. The van der Waals surface area contributed by atoms with Crippen LogP contribution in [-0.4, -0.2) is 17.4 Å². The van der Waals surface area contributed by atoms with Crippen LogP contribution in [0.2, 0.25) is 5.02 Å². The molecule has 1 amide bonds. The predicted molar refractivity (Wildman–Crippen MR) is 136 cm³/mol. The summed E-state index contributed by atoms with van der Waals surface area (Å²) in [5.41, 5.74) is 1.22. The van der Waals surface area contributed by atoms with E-state index in [9.17, 15) is 20.2 Å². The number of nitro groups is 1. The smallest absolute Gasteiger partial charge is 0.271 e. The number of ether oxygens (including phenoxy) is 2. The van der Waals surface area contributed by atoms with E-state index in [4.69, 9.17) is 21.1 Å². The highest BCUT2D eigenvalue weighted by Gasteiger charge is 2.16. The van der Waals surface area contributed by atoms with E-state index in [1.807, 2.05) is 25.1 Å². The van der Waals surface area contributed by atoms with Crippen molar-refractivity contribution in [3.8, 4) is 17.6 Å². The van der Waals surface area contributed by atoms with Gasteiger partial charge in [0.15, 0.2) is 11.5 Å². The first-order chi connectivity index (χ1) is 16.8. The van der Waals surface area contributed by atoms with Crippen LogP contribution in [0, 0.1) is 21.4 Å². The lowest BCUT2D eigenvalue weighted by Crippen LogP contribution is -2.13. The van der Waals surface area contributed by atoms with Crippen LogP contribution in [0.1, 0.15) is 18.1 Å². The third-order valence-electron chi connectivity index (χ3n) is 4.59. The SMILES string of the molecule is CCOc1cc(/C=C(\C#N)C(=O)Nc2cccc([N+](=O)[O-])c2)cc(Br)c1OCc1cccc(Cl)c1. The molecular weight excluding hydrogens is 538 g/mol. The summed E-state index contributed by atoms with van der Waals surface area (Å²) in [6.07, 6.45) is 1.39. The minimum atomic E-state index is -0.705. The van der Waals surface area contributed by atoms with E-state index in [1.54, 1.807) is 24.3 Å². The Morgan fingerprint density at radius 3 is 2.66 bits per heavy atom. The number of nitrogens with zero attached hydrogens (tertiary/aromatic N) is 2. The van der Waals surface area contributed by atoms with Gasteiger partial charge in [0.1, 0.15) is 18.2 Å². The molecule has 0 heterocycles. The van der Waals surface area contributed by atoms with E-state index >= 15 is 0 Å². The van der Waals surface area contributed by atoms with Crippen LogP contribution in [0.3, 0.4) is 0 Å². The van der Waals surface area contributed by atoms with Crippen LogP contribution < -0.4 is 14.8 Å². The second-order valence-corrected chi connectivity index (χ2v) is 8.40. The van der Waals surface area contributed by atoms with Gasteiger partial charge in [-0.1, -0.05) is 29.8 Å². The standard InChI is InChI=1S/C25H19BrClN3O5/c1-2-34-23-12-17(11-22(26)24(23)35-15-16-5-3-6-19(27)10-16)9-18(14-28)25(31)29-20-7-4-8-21(13-20)30(32)33/h3-13H,2,15H2,1H3,(H,29,31)/b18-9+. The molecule has 0 atom stereocenters. The average Bonchev–Trinajstić information content (AvgIpc) is 2.82. The van der Waals surface area contributed by atoms with Gasteiger partial charge in [0.2, 0.25) is 0 Å². The Hall–Kier alpha value is -3.87. The molecule has 0 unspecified atom stereocenters. The number of nitriles is 1. The molecule has 0 saturated carbocycles. The molecule has 0 aliphatic carbocycles. The quantitative estimate of drug-likeness (QED) is 0.139. The zero-order valence-corrected chi connectivity index (χ0v) is 20.8. The Balaban J connectivity index is 1.85. The average molecular weight is 557 g/mol. The van der Waals surface area contributed by atoms with E-state index < -0.39 is 10.8 Å². The molecule has 0 fully saturated rings. The number of carbonyl (C=O) groups is 1. The van der Waals surface area contributed by atoms with Gasteiger partial charge in [-0.15, -0.1) is 0 Å². The molecule has 8 nitrogen and oxygen atoms in total. The summed E-state index contributed by atoms with van der Waals surface area (Å²) in [4.78, 5) is 23.0. The zero-order valence-electron chi connectivity index (χ0n) is 18.5. The molecule has 0 bridgehead atoms. The minimum Gasteiger partial charge on any atom is -0.490 e. The van der Waals surface area contributed by atoms with Crippen molar-refractivity contribution < 1.29 is 19.2 Å². The maximum Gasteiger partial charge on any atom is 0.271 e. The normalized spacial score (nSPS) is 10.9. The maximum atomic E-state index is 12.6. The van der Waals surface area contributed by atoms with Crippen LogP contribution in [0.5, 0.6) is 11.5 Å². The second kappa shape index (κ2) is 12.0. The number of non-ortho nitro benzene ring substituents is 1. The minimum absolute atomic E-state index is 0.177. The lowest BCUT2D eigenvalue weighted by atomic mass is 10.1. The summed E-state index contributed by atoms with van der Waals surface area (Å²) in [6, 6.07) is 17.9. The molecule has 35 heavy (non-hydrogen) atoms. The Bertz CT molecular complexity index is 1340. The van der Waals surface area contributed by atoms with Crippen molar-refractivity contribution in [1.82, 2.24) is 0 Å². The number of hydrogen-bond donors (Lipinski definition) is 1. The van der Waals surface area contributed by atoms with E-state index in [0.717, 1.165) is 5.56 Å². The van der Waals surface area contributed by atoms with Crippen LogP contribution in [-0.2, 0) is 11.4 Å². The van der Waals surface area contributed by atoms with E-state index in [2.05, 4.69) is 21.2 Å². The molecule has 0 aliphatic heterocycles. The highest BCUT2D eigenvalue weighted by Crippen LogP contribution is 2.38. The van der Waals surface area contributed by atoms with E-state index in [-0.39, 0.29) is 23.6 Å². The molecule has 0 spiro atoms. The molecule has 3 aromatic rings. The molecule has 0 aromatic heterocycles. The van der Waals surface area contributed by atoms with Crippen LogP contribution in [0.25, 0.3) is 6.08 Å². The van der Waals surface area contributed by atoms with Gasteiger partial charge in [0, 0.05) is 22.8 Å². The van der Waals surface area contributed by atoms with Gasteiger partial charge in [-0.3, -0.25) is 14.9 Å². The first-order valence-electron chi connectivity index (χ1n) is 10.3. The second-order valence-electron chi connectivity index (χ2n) is 7.11. The van der Waals surface area contributed by atoms with Crippen molar-refractivity contribution in [3.63, 3.8) is 0 Å². The summed E-state index contributed by atoms with van der Waals surface area (Å²) in [6.45, 7) is 2.44. The Morgan fingerprint density at radius 2 is 1.97 bits per heavy atom. The van der Waals surface area contributed by atoms with Gasteiger partial charge in [-0.2, -0.15) is 5.26 Å². The molecule has 178 valence electrons. The summed E-state index contributed by atoms with van der Waals surface area (Å²) in [5.74, 6) is 0.179. The number of halogens is 2. The fourth-order valence-corrected chi connectivity index (χ4v) is 3.85. The first-order valence-corrected chi connectivity index (χ1v) is 11.5. The van der Waals surface area contributed by atoms with Gasteiger partial charge in [-0.25, -0.2) is 0 Å². The summed E-state index contributed by atoms with van der Waals surface area (Å²) >= 11 is 9.51. The number of amides is 1. The summed E-state index contributed by atoms with van der Waals surface area (Å²) in [7, 11) is 0. The van der Waals surface area contributed by atoms with Crippen LogP contribution in [0.15, 0.2) is 70.7 Å². The largest absolute Gasteiger partial charge is 0.490 e. The van der Waals surface area contributed by atoms with Crippen LogP contribution >= 0.6 is 27.5 Å². The number of anilines is 1. The van der Waals surface area contributed by atoms with Crippen molar-refractivity contribution >= 4 is 50.9 Å². The number of rotatable bonds is 9. The number of benzene rings is 3. The maximum absolute atomic E-state index is 12.6. The van der Waals surface area contributed by atoms with Gasteiger partial charge >= 0.3 is 0 Å². The lowest BCUT2D eigenvalue weighted by molar-refractivity contribution is -0.384. The molecule has 3 aromatic carbocycles. The highest BCUT2D eigenvalue weighted by molar-refractivity contribution is 9.10. The molecule has 3 rings (SSSR count). The van der Waals surface area contributed by atoms with Crippen molar-refractivity contribution in [2.45, 2.75) is 13.5 Å². The molecular formula is C25H19BrClN3O5. The highest BCUT2D eigenvalue weighted by atomic mass is 79.9. The Kier molecular flexibility index (Phi) is 8.84. The topological polar surface area (TPSA) is 114 Å². The fourth-order valence-electron chi connectivity index (χ4n) is 3.07. The van der Waals surface area contributed by atoms with Gasteiger partial charge in [0.25, 0.3) is 11.6 Å². The molecule has 0 aliphatic rings. The number of carbonyl (C=O) groups excluding carboxylic acids is 1. The van der Waals surface area contributed by atoms with Crippen molar-refractivity contribution in [1.29, 1.82) is 5.26 Å². The summed E-state index contributed by atoms with van der Waals surface area (Å²) < 4.78 is 12.2. The fraction of sp³-hybridized carbons (Fsp3) is 0.120. The lowest BCUT2D eigenvalue weighted by Gasteiger charge is -2.15. The molecule has 0 radical (unpaired) electrons. The van der Waals surface area contributed by atoms with Gasteiger partial charge in [0.05, 0.1) is 16.0 Å². The first kappa shape index (κ1) is 25.7. The number of hydrogen-bond acceptors (Lipinski definition) is 6. The third kappa shape index (κ3) is 7.06. The predicted octanol–water partition coefficient (Wildman–Crippen LogP) is 6.53. The molecule has 0 saturated heterocycles. The third-order valence-corrected chi connectivity index (χ3v) is 5.42. The Labute approximate surface area is 215 Å². The number of nitro benzene ring substituents is 1. The number of nitrogens with one attached hydrogen (secondary N) is 1. The molecule has 10 heteroatoms. The Morgan fingerprint density at radius 1 is 1.20 bits per heavy atom. The van der Waals surface area contributed by atoms with Gasteiger partial charge in [-0.05, 0) is 70.4 Å². The van der Waals surface area contributed by atoms with E-state index in [1.165, 1.54) is 30.3 Å². The zero-order chi connectivity index (χ0) is 25.4. The van der Waals surface area contributed by atoms with Crippen molar-refractivity contribution in [3.05, 3.63) is 97.0 Å². The van der Waals surface area contributed by atoms with Gasteiger partial charge < -0.3 is 14.8 Å². The van der Waals surface area contributed by atoms with Crippen molar-refractivity contribution in [2.75, 3.05) is 11.9 Å². The summed E-state index contributed by atoms with van der Waals surface area (Å²) in [5, 5.41) is 23.6.